The zero-order valence-corrected chi connectivity index (χ0v) is 12.3. The molecule has 1 heterocycles. The minimum Gasteiger partial charge on any atom is -0.378 e. The maximum atomic E-state index is 11.6. The van der Waals surface area contributed by atoms with E-state index in [1.54, 1.807) is 0 Å². The number of hydrogen-bond acceptors (Lipinski definition) is 4. The number of anilines is 1. The third kappa shape index (κ3) is 3.71. The molecule has 0 bridgehead atoms. The van der Waals surface area contributed by atoms with E-state index in [-0.39, 0.29) is 11.8 Å². The summed E-state index contributed by atoms with van der Waals surface area (Å²) in [4.78, 5) is 16.0. The molecule has 5 nitrogen and oxygen atoms in total. The maximum absolute atomic E-state index is 11.6. The van der Waals surface area contributed by atoms with Crippen LogP contribution in [0.25, 0.3) is 0 Å². The summed E-state index contributed by atoms with van der Waals surface area (Å²) in [7, 11) is 4.07. The highest BCUT2D eigenvalue weighted by Gasteiger charge is 2.25. The molecular weight excluding hydrogens is 252 g/mol. The Morgan fingerprint density at radius 1 is 1.40 bits per heavy atom. The van der Waals surface area contributed by atoms with Crippen LogP contribution in [-0.2, 0) is 11.3 Å². The molecule has 1 saturated heterocycles. The van der Waals surface area contributed by atoms with Crippen molar-refractivity contribution >= 4 is 11.6 Å². The van der Waals surface area contributed by atoms with Gasteiger partial charge in [0.05, 0.1) is 5.92 Å². The van der Waals surface area contributed by atoms with Gasteiger partial charge in [-0.05, 0) is 37.1 Å². The summed E-state index contributed by atoms with van der Waals surface area (Å²) in [6, 6.07) is 8.57. The standard InChI is InChI=1S/C15H24N4O/c1-18(2)14-7-5-12(6-8-14)10-19-9-3-4-13(11-19)15(20)17-16/h5-8,13H,3-4,9-11,16H2,1-2H3,(H,17,20). The number of carbonyl (C=O) groups is 1. The van der Waals surface area contributed by atoms with Crippen molar-refractivity contribution < 1.29 is 4.79 Å². The number of amides is 1. The van der Waals surface area contributed by atoms with E-state index in [0.29, 0.717) is 0 Å². The molecular formula is C15H24N4O. The van der Waals surface area contributed by atoms with Crippen molar-refractivity contribution in [2.45, 2.75) is 19.4 Å². The zero-order valence-electron chi connectivity index (χ0n) is 12.3. The number of nitrogens with zero attached hydrogens (tertiary/aromatic N) is 2. The maximum Gasteiger partial charge on any atom is 0.238 e. The Morgan fingerprint density at radius 3 is 2.70 bits per heavy atom. The van der Waals surface area contributed by atoms with Gasteiger partial charge in [-0.15, -0.1) is 0 Å². The number of piperidine rings is 1. The smallest absolute Gasteiger partial charge is 0.238 e. The van der Waals surface area contributed by atoms with Crippen molar-refractivity contribution in [1.29, 1.82) is 0 Å². The van der Waals surface area contributed by atoms with Crippen molar-refractivity contribution in [3.63, 3.8) is 0 Å². The Kier molecular flexibility index (Phi) is 4.98. The predicted octanol–water partition coefficient (Wildman–Crippen LogP) is 0.955. The average Bonchev–Trinajstić information content (AvgIpc) is 2.47. The van der Waals surface area contributed by atoms with Gasteiger partial charge >= 0.3 is 0 Å². The van der Waals surface area contributed by atoms with Crippen LogP contribution in [0.1, 0.15) is 18.4 Å². The van der Waals surface area contributed by atoms with E-state index in [4.69, 9.17) is 5.84 Å². The molecule has 3 N–H and O–H groups in total. The second kappa shape index (κ2) is 6.72. The SMILES string of the molecule is CN(C)c1ccc(CN2CCCC(C(=O)NN)C2)cc1. The van der Waals surface area contributed by atoms with Crippen LogP contribution in [0.15, 0.2) is 24.3 Å². The van der Waals surface area contributed by atoms with E-state index in [1.165, 1.54) is 11.3 Å². The number of nitrogens with one attached hydrogen (secondary N) is 1. The lowest BCUT2D eigenvalue weighted by Gasteiger charge is -2.31. The topological polar surface area (TPSA) is 61.6 Å². The van der Waals surface area contributed by atoms with Crippen LogP contribution >= 0.6 is 0 Å². The van der Waals surface area contributed by atoms with E-state index in [0.717, 1.165) is 32.5 Å². The van der Waals surface area contributed by atoms with Gasteiger partial charge in [0, 0.05) is 32.9 Å². The second-order valence-corrected chi connectivity index (χ2v) is 5.64. The molecule has 0 aromatic heterocycles. The number of likely N-dealkylation sites (tertiary alicyclic amines) is 1. The molecule has 5 heteroatoms. The highest BCUT2D eigenvalue weighted by Crippen LogP contribution is 2.20. The molecule has 0 saturated carbocycles. The number of carbonyl (C=O) groups excluding carboxylic acids is 1. The van der Waals surface area contributed by atoms with Crippen LogP contribution in [-0.4, -0.2) is 38.0 Å². The zero-order chi connectivity index (χ0) is 14.5. The third-order valence-electron chi connectivity index (χ3n) is 3.88. The third-order valence-corrected chi connectivity index (χ3v) is 3.88. The molecule has 1 aromatic rings. The fourth-order valence-corrected chi connectivity index (χ4v) is 2.69. The number of rotatable bonds is 4. The van der Waals surface area contributed by atoms with Gasteiger partial charge in [0.1, 0.15) is 0 Å². The van der Waals surface area contributed by atoms with Crippen molar-refractivity contribution in [3.8, 4) is 0 Å². The largest absolute Gasteiger partial charge is 0.378 e. The molecule has 0 spiro atoms. The first kappa shape index (κ1) is 14.8. The first-order chi connectivity index (χ1) is 9.60. The molecule has 1 aromatic carbocycles. The molecule has 0 radical (unpaired) electrons. The van der Waals surface area contributed by atoms with Gasteiger partial charge in [-0.2, -0.15) is 0 Å². The summed E-state index contributed by atoms with van der Waals surface area (Å²) in [5.74, 6) is 5.20. The van der Waals surface area contributed by atoms with Gasteiger partial charge in [0.2, 0.25) is 5.91 Å². The summed E-state index contributed by atoms with van der Waals surface area (Å²) in [5.41, 5.74) is 4.75. The molecule has 1 aliphatic rings. The highest BCUT2D eigenvalue weighted by atomic mass is 16.2. The minimum absolute atomic E-state index is 0.0230. The molecule has 2 rings (SSSR count). The fourth-order valence-electron chi connectivity index (χ4n) is 2.69. The van der Waals surface area contributed by atoms with Gasteiger partial charge in [0.15, 0.2) is 0 Å². The average molecular weight is 276 g/mol. The van der Waals surface area contributed by atoms with E-state index in [9.17, 15) is 4.79 Å². The Bertz CT molecular complexity index is 444. The molecule has 20 heavy (non-hydrogen) atoms. The second-order valence-electron chi connectivity index (χ2n) is 5.64. The van der Waals surface area contributed by atoms with E-state index in [1.807, 2.05) is 14.1 Å². The number of benzene rings is 1. The molecule has 1 amide bonds. The summed E-state index contributed by atoms with van der Waals surface area (Å²) in [5, 5.41) is 0. The quantitative estimate of drug-likeness (QED) is 0.488. The number of hydrogen-bond donors (Lipinski definition) is 2. The van der Waals surface area contributed by atoms with Crippen LogP contribution in [0.5, 0.6) is 0 Å². The molecule has 1 unspecified atom stereocenters. The lowest BCUT2D eigenvalue weighted by atomic mass is 9.97. The van der Waals surface area contributed by atoms with Gasteiger partial charge in [-0.1, -0.05) is 12.1 Å². The Balaban J connectivity index is 1.94. The predicted molar refractivity (Wildman–Crippen MR) is 81.1 cm³/mol. The van der Waals surface area contributed by atoms with Crippen LogP contribution in [0.4, 0.5) is 5.69 Å². The molecule has 0 aliphatic carbocycles. The van der Waals surface area contributed by atoms with Crippen molar-refractivity contribution in [2.24, 2.45) is 11.8 Å². The first-order valence-corrected chi connectivity index (χ1v) is 7.09. The van der Waals surface area contributed by atoms with Crippen molar-refractivity contribution in [3.05, 3.63) is 29.8 Å². The normalized spacial score (nSPS) is 19.6. The Morgan fingerprint density at radius 2 is 2.10 bits per heavy atom. The highest BCUT2D eigenvalue weighted by molar-refractivity contribution is 5.78. The summed E-state index contributed by atoms with van der Waals surface area (Å²) >= 11 is 0. The van der Waals surface area contributed by atoms with Gasteiger partial charge < -0.3 is 4.90 Å². The Hall–Kier alpha value is -1.59. The lowest BCUT2D eigenvalue weighted by molar-refractivity contribution is -0.126. The summed E-state index contributed by atoms with van der Waals surface area (Å²) in [6.07, 6.45) is 1.98. The van der Waals surface area contributed by atoms with E-state index >= 15 is 0 Å². The summed E-state index contributed by atoms with van der Waals surface area (Å²) in [6.45, 7) is 2.73. The Labute approximate surface area is 120 Å². The molecule has 1 aliphatic heterocycles. The van der Waals surface area contributed by atoms with E-state index in [2.05, 4.69) is 39.5 Å². The van der Waals surface area contributed by atoms with Crippen LogP contribution < -0.4 is 16.2 Å². The minimum atomic E-state index is -0.0438. The van der Waals surface area contributed by atoms with Gasteiger partial charge in [-0.3, -0.25) is 15.1 Å². The number of hydrazine groups is 1. The van der Waals surface area contributed by atoms with Crippen LogP contribution in [0.2, 0.25) is 0 Å². The van der Waals surface area contributed by atoms with E-state index < -0.39 is 0 Å². The lowest BCUT2D eigenvalue weighted by Crippen LogP contribution is -2.44. The first-order valence-electron chi connectivity index (χ1n) is 7.09. The van der Waals surface area contributed by atoms with Crippen molar-refractivity contribution in [1.82, 2.24) is 10.3 Å². The van der Waals surface area contributed by atoms with Crippen molar-refractivity contribution in [2.75, 3.05) is 32.1 Å². The monoisotopic (exact) mass is 276 g/mol. The van der Waals surface area contributed by atoms with Gasteiger partial charge in [0.25, 0.3) is 0 Å². The molecule has 1 atom stereocenters. The fraction of sp³-hybridized carbons (Fsp3) is 0.533. The number of nitrogens with two attached hydrogens (primary N) is 1. The molecule has 1 fully saturated rings. The summed E-state index contributed by atoms with van der Waals surface area (Å²) < 4.78 is 0. The van der Waals surface area contributed by atoms with Crippen LogP contribution in [0, 0.1) is 5.92 Å². The molecule has 110 valence electrons. The van der Waals surface area contributed by atoms with Crippen LogP contribution in [0.3, 0.4) is 0 Å². The van der Waals surface area contributed by atoms with Gasteiger partial charge in [-0.25, -0.2) is 5.84 Å².